The number of fused-ring (bicyclic) bond motifs is 2. The van der Waals surface area contributed by atoms with Gasteiger partial charge in [-0.2, -0.15) is 0 Å². The number of nitrogens with one attached hydrogen (secondary N) is 2. The van der Waals surface area contributed by atoms with Gasteiger partial charge in [0.05, 0.1) is 17.6 Å². The van der Waals surface area contributed by atoms with Crippen LogP contribution < -0.4 is 5.32 Å². The Bertz CT molecular complexity index is 1010. The normalized spacial score (nSPS) is 10.9. The van der Waals surface area contributed by atoms with Crippen molar-refractivity contribution < 1.29 is 9.53 Å². The molecule has 0 radical (unpaired) electrons. The molecule has 0 saturated heterocycles. The number of amides is 1. The average Bonchev–Trinajstić information content (AvgIpc) is 3.07. The molecule has 0 saturated carbocycles. The van der Waals surface area contributed by atoms with Gasteiger partial charge in [0.1, 0.15) is 12.4 Å². The summed E-state index contributed by atoms with van der Waals surface area (Å²) in [6.45, 7) is 0.530. The number of rotatable bonds is 4. The van der Waals surface area contributed by atoms with E-state index >= 15 is 0 Å². The molecule has 1 heterocycles. The molecule has 0 aliphatic rings. The molecule has 2 N–H and O–H groups in total. The van der Waals surface area contributed by atoms with Crippen LogP contribution >= 0.6 is 0 Å². The van der Waals surface area contributed by atoms with Crippen LogP contribution in [0.3, 0.4) is 0 Å². The summed E-state index contributed by atoms with van der Waals surface area (Å²) in [7, 11) is 0. The average molecular weight is 331 g/mol. The van der Waals surface area contributed by atoms with E-state index < -0.39 is 6.09 Å². The Morgan fingerprint density at radius 1 is 1.00 bits per heavy atom. The third-order valence-electron chi connectivity index (χ3n) is 4.02. The molecule has 25 heavy (non-hydrogen) atoms. The van der Waals surface area contributed by atoms with Gasteiger partial charge in [-0.05, 0) is 34.5 Å². The lowest BCUT2D eigenvalue weighted by Crippen LogP contribution is -2.24. The van der Waals surface area contributed by atoms with Gasteiger partial charge in [0.15, 0.2) is 0 Å². The van der Waals surface area contributed by atoms with Crippen molar-refractivity contribution in [2.45, 2.75) is 13.2 Å². The molecule has 124 valence electrons. The Balaban J connectivity index is 1.33. The quantitative estimate of drug-likeness (QED) is 0.590. The van der Waals surface area contributed by atoms with E-state index in [0.29, 0.717) is 12.4 Å². The van der Waals surface area contributed by atoms with Gasteiger partial charge in [0.25, 0.3) is 0 Å². The number of hydrogen-bond acceptors (Lipinski definition) is 3. The largest absolute Gasteiger partial charge is 0.445 e. The number of benzene rings is 3. The minimum absolute atomic E-state index is 0.233. The number of ether oxygens (including phenoxy) is 1. The summed E-state index contributed by atoms with van der Waals surface area (Å²) in [5, 5.41) is 5.01. The van der Waals surface area contributed by atoms with Gasteiger partial charge in [-0.25, -0.2) is 9.78 Å². The second-order valence-electron chi connectivity index (χ2n) is 5.81. The molecule has 0 spiro atoms. The first-order valence-corrected chi connectivity index (χ1v) is 8.10. The number of H-pyrrole nitrogens is 1. The van der Waals surface area contributed by atoms with Gasteiger partial charge in [-0.3, -0.25) is 0 Å². The molecule has 0 atom stereocenters. The Hall–Kier alpha value is -3.34. The predicted molar refractivity (Wildman–Crippen MR) is 97.1 cm³/mol. The summed E-state index contributed by atoms with van der Waals surface area (Å²) in [6.07, 6.45) is -0.464. The SMILES string of the molecule is O=C(NCc1nc2ccccc2[nH]1)OCc1ccc2ccccc2c1. The lowest BCUT2D eigenvalue weighted by Gasteiger charge is -2.07. The molecule has 5 heteroatoms. The lowest BCUT2D eigenvalue weighted by atomic mass is 10.1. The number of alkyl carbamates (subject to hydrolysis) is 1. The number of para-hydroxylation sites is 2. The molecule has 0 aliphatic carbocycles. The van der Waals surface area contributed by atoms with Crippen molar-refractivity contribution in [3.63, 3.8) is 0 Å². The van der Waals surface area contributed by atoms with Crippen LogP contribution in [-0.4, -0.2) is 16.1 Å². The van der Waals surface area contributed by atoms with Crippen LogP contribution in [0.5, 0.6) is 0 Å². The topological polar surface area (TPSA) is 67.0 Å². The first-order chi connectivity index (χ1) is 12.3. The van der Waals surface area contributed by atoms with Crippen molar-refractivity contribution >= 4 is 27.9 Å². The van der Waals surface area contributed by atoms with Crippen LogP contribution in [0.2, 0.25) is 0 Å². The predicted octanol–water partition coefficient (Wildman–Crippen LogP) is 4.14. The number of imidazole rings is 1. The summed E-state index contributed by atoms with van der Waals surface area (Å²) in [5.74, 6) is 0.698. The summed E-state index contributed by atoms with van der Waals surface area (Å²) < 4.78 is 5.28. The van der Waals surface area contributed by atoms with Gasteiger partial charge >= 0.3 is 6.09 Å². The van der Waals surface area contributed by atoms with E-state index in [2.05, 4.69) is 21.4 Å². The maximum Gasteiger partial charge on any atom is 0.407 e. The Morgan fingerprint density at radius 2 is 1.80 bits per heavy atom. The molecule has 0 fully saturated rings. The van der Waals surface area contributed by atoms with Crippen molar-refractivity contribution in [1.29, 1.82) is 0 Å². The Kier molecular flexibility index (Phi) is 4.04. The van der Waals surface area contributed by atoms with E-state index in [9.17, 15) is 4.79 Å². The van der Waals surface area contributed by atoms with E-state index in [0.717, 1.165) is 22.0 Å². The molecule has 1 amide bonds. The third-order valence-corrected chi connectivity index (χ3v) is 4.02. The minimum atomic E-state index is -0.464. The summed E-state index contributed by atoms with van der Waals surface area (Å²) in [5.41, 5.74) is 2.78. The highest BCUT2D eigenvalue weighted by atomic mass is 16.5. The highest BCUT2D eigenvalue weighted by Gasteiger charge is 2.06. The van der Waals surface area contributed by atoms with Crippen LogP contribution in [0.1, 0.15) is 11.4 Å². The van der Waals surface area contributed by atoms with Crippen molar-refractivity contribution in [3.05, 3.63) is 78.1 Å². The molecule has 4 rings (SSSR count). The van der Waals surface area contributed by atoms with Crippen LogP contribution in [-0.2, 0) is 17.9 Å². The van der Waals surface area contributed by atoms with Gasteiger partial charge < -0.3 is 15.0 Å². The van der Waals surface area contributed by atoms with Crippen LogP contribution in [0.4, 0.5) is 4.79 Å². The summed E-state index contributed by atoms with van der Waals surface area (Å²) in [4.78, 5) is 19.5. The Labute approximate surface area is 144 Å². The van der Waals surface area contributed by atoms with Gasteiger partial charge in [-0.1, -0.05) is 48.5 Å². The van der Waals surface area contributed by atoms with Gasteiger partial charge in [0.2, 0.25) is 0 Å². The van der Waals surface area contributed by atoms with E-state index in [1.165, 1.54) is 5.39 Å². The minimum Gasteiger partial charge on any atom is -0.445 e. The fourth-order valence-corrected chi connectivity index (χ4v) is 2.77. The first kappa shape index (κ1) is 15.2. The molecule has 4 aromatic rings. The van der Waals surface area contributed by atoms with Crippen molar-refractivity contribution in [1.82, 2.24) is 15.3 Å². The number of hydrogen-bond donors (Lipinski definition) is 2. The van der Waals surface area contributed by atoms with Crippen LogP contribution in [0.15, 0.2) is 66.7 Å². The number of aromatic nitrogens is 2. The van der Waals surface area contributed by atoms with Crippen molar-refractivity contribution in [2.24, 2.45) is 0 Å². The highest BCUT2D eigenvalue weighted by Crippen LogP contribution is 2.16. The molecule has 0 bridgehead atoms. The molecular formula is C20H17N3O2. The molecular weight excluding hydrogens is 314 g/mol. The van der Waals surface area contributed by atoms with Gasteiger partial charge in [-0.15, -0.1) is 0 Å². The van der Waals surface area contributed by atoms with Crippen molar-refractivity contribution in [3.8, 4) is 0 Å². The lowest BCUT2D eigenvalue weighted by molar-refractivity contribution is 0.139. The zero-order valence-corrected chi connectivity index (χ0v) is 13.5. The molecule has 0 unspecified atom stereocenters. The molecule has 5 nitrogen and oxygen atoms in total. The van der Waals surface area contributed by atoms with Crippen LogP contribution in [0.25, 0.3) is 21.8 Å². The highest BCUT2D eigenvalue weighted by molar-refractivity contribution is 5.83. The molecule has 0 aliphatic heterocycles. The number of nitrogens with zero attached hydrogens (tertiary/aromatic N) is 1. The molecule has 3 aromatic carbocycles. The maximum absolute atomic E-state index is 11.9. The molecule has 1 aromatic heterocycles. The zero-order chi connectivity index (χ0) is 17.1. The summed E-state index contributed by atoms with van der Waals surface area (Å²) >= 11 is 0. The van der Waals surface area contributed by atoms with E-state index in [-0.39, 0.29) is 6.61 Å². The van der Waals surface area contributed by atoms with Gasteiger partial charge in [0, 0.05) is 0 Å². The standard InChI is InChI=1S/C20H17N3O2/c24-20(21-12-19-22-17-7-3-4-8-18(17)23-19)25-13-14-9-10-15-5-1-2-6-16(15)11-14/h1-11H,12-13H2,(H,21,24)(H,22,23). The van der Waals surface area contributed by atoms with E-state index in [4.69, 9.17) is 4.74 Å². The van der Waals surface area contributed by atoms with Crippen molar-refractivity contribution in [2.75, 3.05) is 0 Å². The number of aromatic amines is 1. The maximum atomic E-state index is 11.9. The zero-order valence-electron chi connectivity index (χ0n) is 13.5. The first-order valence-electron chi connectivity index (χ1n) is 8.10. The monoisotopic (exact) mass is 331 g/mol. The number of carbonyl (C=O) groups is 1. The fraction of sp³-hybridized carbons (Fsp3) is 0.100. The van der Waals surface area contributed by atoms with E-state index in [1.54, 1.807) is 0 Å². The fourth-order valence-electron chi connectivity index (χ4n) is 2.77. The Morgan fingerprint density at radius 3 is 2.68 bits per heavy atom. The second-order valence-corrected chi connectivity index (χ2v) is 5.81. The number of carbonyl (C=O) groups excluding carboxylic acids is 1. The van der Waals surface area contributed by atoms with E-state index in [1.807, 2.05) is 60.7 Å². The smallest absolute Gasteiger partial charge is 0.407 e. The summed E-state index contributed by atoms with van der Waals surface area (Å²) in [6, 6.07) is 21.9. The second kappa shape index (κ2) is 6.65. The third kappa shape index (κ3) is 3.45. The van der Waals surface area contributed by atoms with Crippen LogP contribution in [0, 0.1) is 0 Å².